The number of hydrogen-bond donors (Lipinski definition) is 0. The number of aromatic nitrogens is 4. The molecule has 0 radical (unpaired) electrons. The Morgan fingerprint density at radius 1 is 0.224 bits per heavy atom. The third kappa shape index (κ3) is 7.07. The van der Waals surface area contributed by atoms with Crippen LogP contribution in [0.15, 0.2) is 218 Å². The van der Waals surface area contributed by atoms with Crippen LogP contribution in [0.4, 0.5) is 0 Å². The first-order valence-corrected chi connectivity index (χ1v) is 19.5. The van der Waals surface area contributed by atoms with Crippen LogP contribution >= 0.6 is 0 Å². The first-order chi connectivity index (χ1) is 28.7. The summed E-state index contributed by atoms with van der Waals surface area (Å²) in [5, 5.41) is 2.40. The van der Waals surface area contributed by atoms with Crippen LogP contribution in [0, 0.1) is 0 Å². The van der Waals surface area contributed by atoms with Crippen molar-refractivity contribution in [3.8, 4) is 90.1 Å². The quantitative estimate of drug-likeness (QED) is 0.156. The number of fused-ring (bicyclic) bond motifs is 1. The molecule has 10 rings (SSSR count). The van der Waals surface area contributed by atoms with Gasteiger partial charge in [0.1, 0.15) is 0 Å². The Bertz CT molecular complexity index is 2890. The van der Waals surface area contributed by atoms with Crippen LogP contribution in [0.2, 0.25) is 0 Å². The van der Waals surface area contributed by atoms with Crippen molar-refractivity contribution in [2.24, 2.45) is 0 Å². The molecule has 0 atom stereocenters. The molecule has 2 heterocycles. The summed E-state index contributed by atoms with van der Waals surface area (Å²) in [6.45, 7) is 0. The zero-order chi connectivity index (χ0) is 38.7. The van der Waals surface area contributed by atoms with Crippen molar-refractivity contribution in [2.75, 3.05) is 0 Å². The number of rotatable bonds is 8. The molecule has 0 aliphatic rings. The molecule has 0 fully saturated rings. The average molecular weight is 741 g/mol. The third-order valence-electron chi connectivity index (χ3n) is 10.6. The molecule has 0 amide bonds. The van der Waals surface area contributed by atoms with Crippen molar-refractivity contribution in [3.05, 3.63) is 218 Å². The topological polar surface area (TPSA) is 51.6 Å². The van der Waals surface area contributed by atoms with Gasteiger partial charge in [-0.2, -0.15) is 0 Å². The molecule has 272 valence electrons. The Labute approximate surface area is 337 Å². The van der Waals surface area contributed by atoms with Crippen LogP contribution in [0.3, 0.4) is 0 Å². The monoisotopic (exact) mass is 740 g/mol. The van der Waals surface area contributed by atoms with E-state index in [0.717, 1.165) is 61.5 Å². The molecular formula is C54H36N4. The summed E-state index contributed by atoms with van der Waals surface area (Å²) in [5.74, 6) is 1.94. The van der Waals surface area contributed by atoms with Gasteiger partial charge in [-0.15, -0.1) is 0 Å². The van der Waals surface area contributed by atoms with Gasteiger partial charge >= 0.3 is 0 Å². The van der Waals surface area contributed by atoms with Gasteiger partial charge < -0.3 is 0 Å². The highest BCUT2D eigenvalue weighted by Crippen LogP contribution is 2.36. The molecule has 0 aliphatic carbocycles. The normalized spacial score (nSPS) is 11.1. The summed E-state index contributed by atoms with van der Waals surface area (Å²) in [6, 6.07) is 76.0. The maximum atomic E-state index is 5.07. The highest BCUT2D eigenvalue weighted by molar-refractivity contribution is 5.99. The summed E-state index contributed by atoms with van der Waals surface area (Å²) >= 11 is 0. The Morgan fingerprint density at radius 3 is 1.12 bits per heavy atom. The first kappa shape index (κ1) is 34.7. The van der Waals surface area contributed by atoms with Gasteiger partial charge in [0.2, 0.25) is 0 Å². The summed E-state index contributed by atoms with van der Waals surface area (Å²) in [4.78, 5) is 19.8. The summed E-state index contributed by atoms with van der Waals surface area (Å²) in [6.07, 6.45) is 0. The van der Waals surface area contributed by atoms with Crippen molar-refractivity contribution < 1.29 is 0 Å². The van der Waals surface area contributed by atoms with E-state index in [1.807, 2.05) is 72.8 Å². The second-order valence-electron chi connectivity index (χ2n) is 14.3. The van der Waals surface area contributed by atoms with Crippen LogP contribution < -0.4 is 0 Å². The molecule has 10 aromatic rings. The standard InChI is InChI=1S/C54H36N4/c1-5-14-41(15-6-1)50-35-47(36-51(55-50)42-16-7-2-8-17-42)38-24-28-40(29-25-38)48-23-13-22-39-30-33-46(34-49(39)48)37-26-31-45(32-27-37)54-57-52(43-18-9-3-10-19-43)56-53(58-54)44-20-11-4-12-21-44/h1-36H. The fourth-order valence-corrected chi connectivity index (χ4v) is 7.51. The van der Waals surface area contributed by atoms with Crippen molar-refractivity contribution in [1.29, 1.82) is 0 Å². The van der Waals surface area contributed by atoms with Crippen LogP contribution in [0.5, 0.6) is 0 Å². The van der Waals surface area contributed by atoms with Crippen molar-refractivity contribution in [2.45, 2.75) is 0 Å². The van der Waals surface area contributed by atoms with E-state index in [1.54, 1.807) is 0 Å². The molecule has 4 heteroatoms. The zero-order valence-electron chi connectivity index (χ0n) is 31.6. The largest absolute Gasteiger partial charge is 0.248 e. The van der Waals surface area contributed by atoms with Crippen LogP contribution in [-0.2, 0) is 0 Å². The Kier molecular flexibility index (Phi) is 9.18. The molecular weight excluding hydrogens is 705 g/mol. The molecule has 0 aliphatic heterocycles. The van der Waals surface area contributed by atoms with Gasteiger partial charge in [-0.05, 0) is 62.4 Å². The lowest BCUT2D eigenvalue weighted by atomic mass is 9.93. The molecule has 0 saturated heterocycles. The van der Waals surface area contributed by atoms with Gasteiger partial charge in [0.05, 0.1) is 11.4 Å². The van der Waals surface area contributed by atoms with Gasteiger partial charge in [0, 0.05) is 27.8 Å². The van der Waals surface area contributed by atoms with E-state index in [2.05, 4.69) is 146 Å². The molecule has 8 aromatic carbocycles. The molecule has 58 heavy (non-hydrogen) atoms. The van der Waals surface area contributed by atoms with E-state index < -0.39 is 0 Å². The number of benzene rings is 8. The highest BCUT2D eigenvalue weighted by Gasteiger charge is 2.14. The van der Waals surface area contributed by atoms with E-state index >= 15 is 0 Å². The van der Waals surface area contributed by atoms with Crippen molar-refractivity contribution in [3.63, 3.8) is 0 Å². The predicted molar refractivity (Wildman–Crippen MR) is 239 cm³/mol. The van der Waals surface area contributed by atoms with Crippen LogP contribution in [0.25, 0.3) is 101 Å². The Morgan fingerprint density at radius 2 is 0.621 bits per heavy atom. The molecule has 0 saturated carbocycles. The van der Waals surface area contributed by atoms with E-state index in [-0.39, 0.29) is 0 Å². The lowest BCUT2D eigenvalue weighted by molar-refractivity contribution is 1.07. The predicted octanol–water partition coefficient (Wildman–Crippen LogP) is 13.8. The summed E-state index contributed by atoms with van der Waals surface area (Å²) < 4.78 is 0. The lowest BCUT2D eigenvalue weighted by Crippen LogP contribution is -2.00. The van der Waals surface area contributed by atoms with E-state index in [9.17, 15) is 0 Å². The molecule has 0 N–H and O–H groups in total. The molecule has 0 unspecified atom stereocenters. The van der Waals surface area contributed by atoms with E-state index in [4.69, 9.17) is 19.9 Å². The average Bonchev–Trinajstić information content (AvgIpc) is 3.32. The Balaban J connectivity index is 0.976. The fraction of sp³-hybridized carbons (Fsp3) is 0. The minimum Gasteiger partial charge on any atom is -0.248 e. The maximum Gasteiger partial charge on any atom is 0.164 e. The molecule has 0 spiro atoms. The van der Waals surface area contributed by atoms with Gasteiger partial charge in [0.15, 0.2) is 17.5 Å². The number of pyridine rings is 1. The minimum absolute atomic E-state index is 0.642. The van der Waals surface area contributed by atoms with E-state index in [0.29, 0.717) is 17.5 Å². The van der Waals surface area contributed by atoms with Gasteiger partial charge in [-0.3, -0.25) is 0 Å². The molecule has 2 aromatic heterocycles. The molecule has 4 nitrogen and oxygen atoms in total. The second-order valence-corrected chi connectivity index (χ2v) is 14.3. The smallest absolute Gasteiger partial charge is 0.164 e. The fourth-order valence-electron chi connectivity index (χ4n) is 7.51. The van der Waals surface area contributed by atoms with Crippen LogP contribution in [-0.4, -0.2) is 19.9 Å². The van der Waals surface area contributed by atoms with Crippen molar-refractivity contribution in [1.82, 2.24) is 19.9 Å². The minimum atomic E-state index is 0.642. The maximum absolute atomic E-state index is 5.07. The van der Waals surface area contributed by atoms with Crippen molar-refractivity contribution >= 4 is 10.8 Å². The summed E-state index contributed by atoms with van der Waals surface area (Å²) in [7, 11) is 0. The zero-order valence-corrected chi connectivity index (χ0v) is 31.6. The van der Waals surface area contributed by atoms with Crippen LogP contribution in [0.1, 0.15) is 0 Å². The Hall–Kier alpha value is -7.82. The van der Waals surface area contributed by atoms with Gasteiger partial charge in [0.25, 0.3) is 0 Å². The third-order valence-corrected chi connectivity index (χ3v) is 10.6. The number of hydrogen-bond acceptors (Lipinski definition) is 4. The first-order valence-electron chi connectivity index (χ1n) is 19.5. The van der Waals surface area contributed by atoms with Gasteiger partial charge in [-0.25, -0.2) is 19.9 Å². The number of nitrogens with zero attached hydrogens (tertiary/aromatic N) is 4. The SMILES string of the molecule is c1ccc(-c2cc(-c3ccc(-c4cccc5ccc(-c6ccc(-c7nc(-c8ccccc8)nc(-c8ccccc8)n7)cc6)cc45)cc3)cc(-c3ccccc3)n2)cc1. The highest BCUT2D eigenvalue weighted by atomic mass is 15.0. The second kappa shape index (κ2) is 15.4. The lowest BCUT2D eigenvalue weighted by Gasteiger charge is -2.12. The van der Waals surface area contributed by atoms with E-state index in [1.165, 1.54) is 21.9 Å². The molecule has 0 bridgehead atoms. The summed E-state index contributed by atoms with van der Waals surface area (Å²) in [5.41, 5.74) is 13.9. The van der Waals surface area contributed by atoms with Gasteiger partial charge in [-0.1, -0.05) is 200 Å².